The maximum atomic E-state index is 13.1. The van der Waals surface area contributed by atoms with E-state index in [4.69, 9.17) is 9.47 Å². The summed E-state index contributed by atoms with van der Waals surface area (Å²) in [5.74, 6) is -0.0514. The lowest BCUT2D eigenvalue weighted by Crippen LogP contribution is -2.53. The number of rotatable bonds is 4. The minimum atomic E-state index is -0.305. The van der Waals surface area contributed by atoms with Crippen LogP contribution < -0.4 is 15.4 Å². The molecule has 29 heavy (non-hydrogen) atoms. The van der Waals surface area contributed by atoms with E-state index >= 15 is 0 Å². The van der Waals surface area contributed by atoms with Crippen molar-refractivity contribution in [2.75, 3.05) is 26.0 Å². The number of likely N-dealkylation sites (N-methyl/N-ethyl adjacent to an activating group) is 1. The van der Waals surface area contributed by atoms with Gasteiger partial charge in [-0.2, -0.15) is 0 Å². The molecule has 2 N–H and O–H groups in total. The number of benzene rings is 1. The van der Waals surface area contributed by atoms with E-state index < -0.39 is 0 Å². The molecule has 0 aromatic heterocycles. The van der Waals surface area contributed by atoms with Crippen LogP contribution in [0.15, 0.2) is 18.2 Å². The molecule has 3 amide bonds. The van der Waals surface area contributed by atoms with Crippen molar-refractivity contribution >= 4 is 23.4 Å². The second kappa shape index (κ2) is 8.82. The second-order valence-corrected chi connectivity index (χ2v) is 7.90. The van der Waals surface area contributed by atoms with E-state index in [1.54, 1.807) is 37.2 Å². The molecule has 1 aromatic rings. The number of nitrogens with zero attached hydrogens (tertiary/aromatic N) is 1. The fourth-order valence-electron chi connectivity index (χ4n) is 3.70. The number of hydrogen-bond donors (Lipinski definition) is 2. The number of fused-ring (bicyclic) bond motifs is 2. The van der Waals surface area contributed by atoms with Crippen molar-refractivity contribution in [2.45, 2.75) is 51.4 Å². The summed E-state index contributed by atoms with van der Waals surface area (Å²) >= 11 is 0. The fraction of sp³-hybridized carbons (Fsp3) is 0.571. The maximum Gasteiger partial charge on any atom is 0.257 e. The number of nitrogens with one attached hydrogen (secondary N) is 2. The van der Waals surface area contributed by atoms with E-state index in [2.05, 4.69) is 10.6 Å². The molecule has 158 valence electrons. The zero-order valence-corrected chi connectivity index (χ0v) is 17.4. The molecule has 2 aliphatic heterocycles. The Balaban J connectivity index is 1.79. The molecule has 0 radical (unpaired) electrons. The van der Waals surface area contributed by atoms with Gasteiger partial charge in [0.2, 0.25) is 11.8 Å². The molecule has 1 aromatic carbocycles. The Bertz CT molecular complexity index is 795. The average molecular weight is 403 g/mol. The molecule has 8 heteroatoms. The lowest BCUT2D eigenvalue weighted by Gasteiger charge is -2.42. The van der Waals surface area contributed by atoms with Crippen molar-refractivity contribution in [2.24, 2.45) is 5.92 Å². The Labute approximate surface area is 170 Å². The standard InChI is InChI=1S/C21H29N3O5/c1-12(2)20(26)23-13-5-8-17-15(9-13)21(27)24(4)16-7-6-14(10-19(25)22-3)29-18(16)11-28-17/h5,8-9,12,14,16,18H,6-7,10-11H2,1-4H3,(H,22,25)(H,23,26)/t14-,16-,18+/m1/s1. The first-order chi connectivity index (χ1) is 13.8. The van der Waals surface area contributed by atoms with Gasteiger partial charge in [0.25, 0.3) is 5.91 Å². The molecule has 0 unspecified atom stereocenters. The van der Waals surface area contributed by atoms with Gasteiger partial charge < -0.3 is 25.0 Å². The van der Waals surface area contributed by atoms with E-state index in [9.17, 15) is 14.4 Å². The quantitative estimate of drug-likeness (QED) is 0.799. The number of hydrogen-bond acceptors (Lipinski definition) is 5. The first-order valence-corrected chi connectivity index (χ1v) is 10.0. The summed E-state index contributed by atoms with van der Waals surface area (Å²) in [7, 11) is 3.37. The van der Waals surface area contributed by atoms with Gasteiger partial charge in [-0.3, -0.25) is 14.4 Å². The monoisotopic (exact) mass is 403 g/mol. The second-order valence-electron chi connectivity index (χ2n) is 7.90. The number of carbonyl (C=O) groups excluding carboxylic acids is 3. The van der Waals surface area contributed by atoms with Crippen LogP contribution >= 0.6 is 0 Å². The third kappa shape index (κ3) is 4.70. The van der Waals surface area contributed by atoms with Gasteiger partial charge >= 0.3 is 0 Å². The van der Waals surface area contributed by atoms with Gasteiger partial charge in [-0.15, -0.1) is 0 Å². The molecule has 8 nitrogen and oxygen atoms in total. The summed E-state index contributed by atoms with van der Waals surface area (Å²) in [5, 5.41) is 5.44. The smallest absolute Gasteiger partial charge is 0.257 e. The Morgan fingerprint density at radius 3 is 2.72 bits per heavy atom. The Morgan fingerprint density at radius 2 is 2.03 bits per heavy atom. The van der Waals surface area contributed by atoms with Gasteiger partial charge in [-0.1, -0.05) is 13.8 Å². The molecule has 0 aliphatic carbocycles. The Hall–Kier alpha value is -2.61. The topological polar surface area (TPSA) is 97.0 Å². The summed E-state index contributed by atoms with van der Waals surface area (Å²) in [6.45, 7) is 3.91. The third-order valence-electron chi connectivity index (χ3n) is 5.50. The van der Waals surface area contributed by atoms with Crippen LogP contribution in [0.5, 0.6) is 5.75 Å². The van der Waals surface area contributed by atoms with E-state index in [0.29, 0.717) is 29.8 Å². The average Bonchev–Trinajstić information content (AvgIpc) is 2.70. The summed E-state index contributed by atoms with van der Waals surface area (Å²) in [6, 6.07) is 4.95. The van der Waals surface area contributed by atoms with E-state index in [-0.39, 0.29) is 48.5 Å². The molecule has 0 saturated carbocycles. The van der Waals surface area contributed by atoms with Crippen molar-refractivity contribution in [3.63, 3.8) is 0 Å². The van der Waals surface area contributed by atoms with E-state index in [1.165, 1.54) is 0 Å². The third-order valence-corrected chi connectivity index (χ3v) is 5.50. The highest BCUT2D eigenvalue weighted by Crippen LogP contribution is 2.32. The van der Waals surface area contributed by atoms with Crippen molar-refractivity contribution < 1.29 is 23.9 Å². The summed E-state index contributed by atoms with van der Waals surface area (Å²) in [4.78, 5) is 38.5. The van der Waals surface area contributed by atoms with Gasteiger partial charge in [-0.25, -0.2) is 0 Å². The Morgan fingerprint density at radius 1 is 1.28 bits per heavy atom. The number of amides is 3. The van der Waals surface area contributed by atoms with Gasteiger partial charge in [0.05, 0.1) is 24.1 Å². The van der Waals surface area contributed by atoms with Gasteiger partial charge in [0.15, 0.2) is 0 Å². The maximum absolute atomic E-state index is 13.1. The molecule has 2 aliphatic rings. The molecule has 0 bridgehead atoms. The molecular weight excluding hydrogens is 374 g/mol. The highest BCUT2D eigenvalue weighted by molar-refractivity contribution is 6.00. The van der Waals surface area contributed by atoms with Crippen LogP contribution in [0, 0.1) is 5.92 Å². The summed E-state index contributed by atoms with van der Waals surface area (Å²) in [6.07, 6.45) is 1.24. The first-order valence-electron chi connectivity index (χ1n) is 10.0. The predicted octanol–water partition coefficient (Wildman–Crippen LogP) is 1.80. The van der Waals surface area contributed by atoms with Crippen molar-refractivity contribution in [1.82, 2.24) is 10.2 Å². The largest absolute Gasteiger partial charge is 0.490 e. The van der Waals surface area contributed by atoms with Crippen molar-refractivity contribution in [1.29, 1.82) is 0 Å². The van der Waals surface area contributed by atoms with Crippen LogP contribution in [-0.2, 0) is 14.3 Å². The van der Waals surface area contributed by atoms with Crippen LogP contribution in [0.25, 0.3) is 0 Å². The molecule has 3 rings (SSSR count). The predicted molar refractivity (Wildman–Crippen MR) is 108 cm³/mol. The number of anilines is 1. The van der Waals surface area contributed by atoms with Crippen LogP contribution in [-0.4, -0.2) is 61.6 Å². The lowest BCUT2D eigenvalue weighted by molar-refractivity contribution is -0.133. The zero-order chi connectivity index (χ0) is 21.1. The van der Waals surface area contributed by atoms with E-state index in [0.717, 1.165) is 6.42 Å². The van der Waals surface area contributed by atoms with Crippen molar-refractivity contribution in [3.8, 4) is 5.75 Å². The highest BCUT2D eigenvalue weighted by atomic mass is 16.5. The minimum Gasteiger partial charge on any atom is -0.490 e. The fourth-order valence-corrected chi connectivity index (χ4v) is 3.70. The minimum absolute atomic E-state index is 0.0639. The number of carbonyl (C=O) groups is 3. The normalized spacial score (nSPS) is 24.0. The summed E-state index contributed by atoms with van der Waals surface area (Å²) < 4.78 is 12.0. The van der Waals surface area contributed by atoms with Crippen LogP contribution in [0.4, 0.5) is 5.69 Å². The van der Waals surface area contributed by atoms with Gasteiger partial charge in [0, 0.05) is 25.7 Å². The SMILES string of the molecule is CNC(=O)C[C@H]1CC[C@@H]2[C@H](COc3ccc(NC(=O)C(C)C)cc3C(=O)N2C)O1. The lowest BCUT2D eigenvalue weighted by atomic mass is 9.94. The molecule has 2 heterocycles. The number of ether oxygens (including phenoxy) is 2. The molecule has 1 fully saturated rings. The van der Waals surface area contributed by atoms with Crippen molar-refractivity contribution in [3.05, 3.63) is 23.8 Å². The molecule has 3 atom stereocenters. The first kappa shape index (κ1) is 21.1. The molecular formula is C21H29N3O5. The van der Waals surface area contributed by atoms with Crippen LogP contribution in [0.3, 0.4) is 0 Å². The molecule has 0 spiro atoms. The molecule has 1 saturated heterocycles. The van der Waals surface area contributed by atoms with Gasteiger partial charge in [-0.05, 0) is 31.0 Å². The highest BCUT2D eigenvalue weighted by Gasteiger charge is 2.39. The van der Waals surface area contributed by atoms with Gasteiger partial charge in [0.1, 0.15) is 18.5 Å². The van der Waals surface area contributed by atoms with Crippen LogP contribution in [0.2, 0.25) is 0 Å². The van der Waals surface area contributed by atoms with E-state index in [1.807, 2.05) is 13.8 Å². The van der Waals surface area contributed by atoms with Crippen LogP contribution in [0.1, 0.15) is 43.5 Å². The summed E-state index contributed by atoms with van der Waals surface area (Å²) in [5.41, 5.74) is 0.982. The zero-order valence-electron chi connectivity index (χ0n) is 17.4. The Kier molecular flexibility index (Phi) is 6.42.